The lowest BCUT2D eigenvalue weighted by atomic mass is 10.1. The second-order valence-corrected chi connectivity index (χ2v) is 30.3. The van der Waals surface area contributed by atoms with Crippen LogP contribution in [0.15, 0.2) is 177 Å². The molecule has 0 aliphatic carbocycles. The zero-order chi connectivity index (χ0) is 81.0. The van der Waals surface area contributed by atoms with E-state index in [1.807, 2.05) is 190 Å². The van der Waals surface area contributed by atoms with Crippen LogP contribution in [0.5, 0.6) is 17.2 Å². The Kier molecular flexibility index (Phi) is 23.4. The SMILES string of the molecule is COC1=CC(c2cc3ccccc3n2C(=O)OC(C)(C)C)=N/C1=C\c1[nH]c(C)cc1C.COc1cc(=C2C=c3ccccc3=N2)[nH]/c1=C(\C)c1[nH]c(C)cc1C.COc1cc(=C2N=c3ccccc3=C2C(=O)NCCCO)[nH]/c1=C\c1[nH]c(C)cc1C.Cc1cc(C)c(/C=c2\[nH]c(=C3C=c4ccc(Cl)cc4=N3)cc2OC(C)C)[nH]1. The lowest BCUT2D eigenvalue weighted by molar-refractivity contribution is -0.115. The normalized spacial score (nSPS) is 15.5. The highest BCUT2D eigenvalue weighted by Crippen LogP contribution is 2.30. The predicted molar refractivity (Wildman–Crippen MR) is 453 cm³/mol. The largest absolute Gasteiger partial charge is 0.494 e. The number of methoxy groups -OCH3 is 3. The molecule has 1 amide bonds. The molecule has 21 nitrogen and oxygen atoms in total. The van der Waals surface area contributed by atoms with Gasteiger partial charge in [0.25, 0.3) is 5.91 Å². The summed E-state index contributed by atoms with van der Waals surface area (Å²) in [6, 6.07) is 45.5. The summed E-state index contributed by atoms with van der Waals surface area (Å²) in [7, 11) is 4.94. The van der Waals surface area contributed by atoms with Gasteiger partial charge in [0.1, 0.15) is 40.0 Å². The zero-order valence-electron chi connectivity index (χ0n) is 67.4. The van der Waals surface area contributed by atoms with Crippen LogP contribution in [0.1, 0.15) is 121 Å². The van der Waals surface area contributed by atoms with Gasteiger partial charge in [-0.2, -0.15) is 0 Å². The third kappa shape index (κ3) is 17.6. The van der Waals surface area contributed by atoms with Crippen molar-refractivity contribution >= 4 is 98.8 Å². The number of carbonyl (C=O) groups excluding carboxylic acids is 2. The third-order valence-electron chi connectivity index (χ3n) is 19.4. The molecule has 4 aromatic carbocycles. The number of benzene rings is 4. The highest BCUT2D eigenvalue weighted by molar-refractivity contribution is 6.30. The molecule has 0 saturated heterocycles. The molecule has 0 unspecified atom stereocenters. The number of aromatic nitrogens is 8. The number of carbonyl (C=O) groups is 2. The lowest BCUT2D eigenvalue weighted by Gasteiger charge is -2.20. The van der Waals surface area contributed by atoms with Crippen molar-refractivity contribution in [2.45, 2.75) is 115 Å². The van der Waals surface area contributed by atoms with E-state index in [4.69, 9.17) is 60.4 Å². The summed E-state index contributed by atoms with van der Waals surface area (Å²) in [6.45, 7) is 28.6. The molecule has 0 spiro atoms. The van der Waals surface area contributed by atoms with Gasteiger partial charge < -0.3 is 69.0 Å². The minimum absolute atomic E-state index is 0.0256. The fourth-order valence-corrected chi connectivity index (χ4v) is 14.3. The molecule has 4 aliphatic rings. The van der Waals surface area contributed by atoms with Crippen molar-refractivity contribution in [2.24, 2.45) is 20.0 Å². The van der Waals surface area contributed by atoms with Gasteiger partial charge in [0.05, 0.1) is 109 Å². The second kappa shape index (κ2) is 33.6. The van der Waals surface area contributed by atoms with Crippen molar-refractivity contribution in [1.82, 2.24) is 44.8 Å². The molecule has 16 rings (SSSR count). The summed E-state index contributed by atoms with van der Waals surface area (Å²) in [5.41, 5.74) is 19.5. The highest BCUT2D eigenvalue weighted by Gasteiger charge is 2.28. The fourth-order valence-electron chi connectivity index (χ4n) is 14.2. The number of halogens is 1. The molecule has 12 aromatic rings. The van der Waals surface area contributed by atoms with Crippen molar-refractivity contribution in [1.29, 1.82) is 0 Å². The maximum Gasteiger partial charge on any atom is 0.419 e. The van der Waals surface area contributed by atoms with Crippen LogP contribution in [0.2, 0.25) is 5.02 Å². The van der Waals surface area contributed by atoms with Gasteiger partial charge in [0, 0.05) is 115 Å². The minimum atomic E-state index is -0.612. The number of hydrogen-bond donors (Lipinski definition) is 9. The summed E-state index contributed by atoms with van der Waals surface area (Å²) < 4.78 is 30.1. The quantitative estimate of drug-likeness (QED) is 0.0472. The average Bonchev–Trinajstić information content (AvgIpc) is 1.62. The number of amides is 1. The van der Waals surface area contributed by atoms with Crippen LogP contribution in [0, 0.1) is 55.4 Å². The standard InChI is InChI=1S/C25H27N3O3.C24H26N4O3.C22H22ClN3O.C21H21N3O/c1-15-11-16(2)26-18(15)13-20-23(30-6)14-19(27-20)22-12-17-9-7-8-10-21(17)28(22)24(29)31-25(3,4)5;1-14-11-15(2)26-18(14)12-19-21(31-3)13-20(27-19)23-22(24(30)25-9-6-10-29)16-7-4-5-8-17(16)28-23;1-12(2)27-22-11-20(19-8-15-5-6-16(23)9-18(15)25-19)26-21(22)10-17-13(3)7-14(4)24-17;1-12-9-13(2)22-20(12)14(3)21-19(25-4)11-18(24-21)17-10-15-7-5-6-8-16(15)23-17/h7-14,26H,1-6H3;4-5,7-8,11-13,26-27,29H,6,9-10H2,1-3H3,(H,25,30);5-12,24,26H,1-4H3;5-11,22,24H,1-4H3/b20-13-;19-12-,23-20?;20-19?,21-10-;18-17?,21-14+. The van der Waals surface area contributed by atoms with Gasteiger partial charge in [-0.15, -0.1) is 0 Å². The Labute approximate surface area is 664 Å². The number of fused-ring (bicyclic) bond motifs is 4. The predicted octanol–water partition coefficient (Wildman–Crippen LogP) is 9.49. The zero-order valence-corrected chi connectivity index (χ0v) is 68.1. The molecule has 12 heterocycles. The van der Waals surface area contributed by atoms with Crippen molar-refractivity contribution in [3.8, 4) is 17.2 Å². The maximum absolute atomic E-state index is 13.1. The Morgan fingerprint density at radius 1 is 0.570 bits per heavy atom. The van der Waals surface area contributed by atoms with E-state index in [-0.39, 0.29) is 18.6 Å². The monoisotopic (exact) mass is 1550 g/mol. The second-order valence-electron chi connectivity index (χ2n) is 29.9. The molecule has 22 heteroatoms. The van der Waals surface area contributed by atoms with E-state index < -0.39 is 11.7 Å². The molecule has 0 atom stereocenters. The number of nitrogens with one attached hydrogen (secondary N) is 8. The van der Waals surface area contributed by atoms with Crippen molar-refractivity contribution in [2.75, 3.05) is 34.5 Å². The minimum Gasteiger partial charge on any atom is -0.494 e. The Balaban J connectivity index is 0.000000133. The smallest absolute Gasteiger partial charge is 0.419 e. The number of hydrogen-bond acceptors (Lipinski definition) is 12. The first-order valence-corrected chi connectivity index (χ1v) is 38.2. The Hall–Kier alpha value is -12.9. The molecule has 0 radical (unpaired) electrons. The van der Waals surface area contributed by atoms with Gasteiger partial charge in [0.2, 0.25) is 0 Å². The van der Waals surface area contributed by atoms with Crippen LogP contribution in [0.25, 0.3) is 69.5 Å². The number of H-pyrrole nitrogens is 7. The van der Waals surface area contributed by atoms with Gasteiger partial charge in [-0.1, -0.05) is 72.3 Å². The van der Waals surface area contributed by atoms with Crippen LogP contribution in [0.3, 0.4) is 0 Å². The van der Waals surface area contributed by atoms with Crippen molar-refractivity contribution in [3.63, 3.8) is 0 Å². The molecule has 114 heavy (non-hydrogen) atoms. The summed E-state index contributed by atoms with van der Waals surface area (Å²) in [6.07, 6.45) is 12.2. The number of rotatable bonds is 14. The number of aliphatic hydroxyl groups is 1. The highest BCUT2D eigenvalue weighted by atomic mass is 35.5. The van der Waals surface area contributed by atoms with E-state index in [1.165, 1.54) is 11.1 Å². The number of aromatic amines is 7. The van der Waals surface area contributed by atoms with Crippen LogP contribution in [-0.4, -0.2) is 108 Å². The maximum atomic E-state index is 13.1. The molecular formula is C92H96ClN13O8. The molecule has 8 aromatic heterocycles. The topological polar surface area (TPSA) is 277 Å². The number of ether oxygens (including phenoxy) is 5. The van der Waals surface area contributed by atoms with E-state index in [9.17, 15) is 9.59 Å². The van der Waals surface area contributed by atoms with Gasteiger partial charge in [-0.25, -0.2) is 29.3 Å². The van der Waals surface area contributed by atoms with Gasteiger partial charge >= 0.3 is 6.09 Å². The van der Waals surface area contributed by atoms with E-state index in [0.717, 1.165) is 155 Å². The number of aliphatic hydroxyl groups excluding tert-OH is 1. The summed E-state index contributed by atoms with van der Waals surface area (Å²) in [4.78, 5) is 68.9. The van der Waals surface area contributed by atoms with E-state index in [1.54, 1.807) is 25.9 Å². The third-order valence-corrected chi connectivity index (χ3v) is 19.6. The lowest BCUT2D eigenvalue weighted by Crippen LogP contribution is -2.32. The van der Waals surface area contributed by atoms with E-state index in [2.05, 4.69) is 123 Å². The number of nitrogens with zero attached hydrogens (tertiary/aromatic N) is 5. The Morgan fingerprint density at radius 2 is 1.13 bits per heavy atom. The van der Waals surface area contributed by atoms with Crippen LogP contribution >= 0.6 is 11.6 Å². The molecule has 0 bridgehead atoms. The van der Waals surface area contributed by atoms with Gasteiger partial charge in [-0.05, 0) is 217 Å². The van der Waals surface area contributed by atoms with Crippen molar-refractivity contribution < 1.29 is 38.4 Å². The molecular weight excluding hydrogens is 1450 g/mol. The summed E-state index contributed by atoms with van der Waals surface area (Å²) >= 11 is 6.09. The first-order chi connectivity index (χ1) is 54.6. The fraction of sp³-hybridized carbons (Fsp3) is 0.239. The Bertz CT molecular complexity index is 6690. The molecule has 0 fully saturated rings. The molecule has 0 saturated carbocycles. The first kappa shape index (κ1) is 79.2. The van der Waals surface area contributed by atoms with Crippen molar-refractivity contribution in [3.05, 3.63) is 299 Å². The van der Waals surface area contributed by atoms with Crippen LogP contribution < -0.4 is 83.3 Å². The molecule has 584 valence electrons. The van der Waals surface area contributed by atoms with E-state index >= 15 is 0 Å². The van der Waals surface area contributed by atoms with Gasteiger partial charge in [0.15, 0.2) is 0 Å². The number of para-hydroxylation sites is 3. The van der Waals surface area contributed by atoms with Gasteiger partial charge in [-0.3, -0.25) is 4.79 Å². The van der Waals surface area contributed by atoms with Crippen LogP contribution in [-0.2, 0) is 14.3 Å². The average molecular weight is 1550 g/mol. The number of aryl methyl sites for hydroxylation is 8. The first-order valence-electron chi connectivity index (χ1n) is 37.9. The van der Waals surface area contributed by atoms with Crippen LogP contribution in [0.4, 0.5) is 4.79 Å². The molecule has 4 aliphatic heterocycles. The molecule has 9 N–H and O–H groups in total. The number of allylic oxidation sites excluding steroid dienone is 1. The Morgan fingerprint density at radius 3 is 1.74 bits per heavy atom. The summed E-state index contributed by atoms with van der Waals surface area (Å²) in [5.74, 6) is 2.73. The summed E-state index contributed by atoms with van der Waals surface area (Å²) in [5, 5.41) is 24.5. The van der Waals surface area contributed by atoms with E-state index in [0.29, 0.717) is 63.2 Å². The number of aliphatic imine (C=N–C) groups is 1.